The van der Waals surface area contributed by atoms with E-state index in [0.29, 0.717) is 21.2 Å². The van der Waals surface area contributed by atoms with Gasteiger partial charge in [-0.05, 0) is 49.6 Å². The first-order valence-electron chi connectivity index (χ1n) is 5.29. The van der Waals surface area contributed by atoms with Gasteiger partial charge in [-0.15, -0.1) is 0 Å². The molecule has 1 rings (SSSR count). The molecule has 0 aliphatic carbocycles. The Morgan fingerprint density at radius 1 is 1.11 bits per heavy atom. The average molecular weight is 407 g/mol. The lowest BCUT2D eigenvalue weighted by Gasteiger charge is -2.12. The molecule has 0 heterocycles. The molecule has 0 bridgehead atoms. The molecule has 0 aromatic heterocycles. The number of rotatable bonds is 6. The minimum atomic E-state index is -4.32. The lowest BCUT2D eigenvalue weighted by molar-refractivity contribution is -0.175. The van der Waals surface area contributed by atoms with Crippen LogP contribution < -0.4 is 10.5 Å². The SMILES string of the molecule is NCc1cc(Br)c(OCCOCC(F)(F)F)c(Br)c1. The van der Waals surface area contributed by atoms with Gasteiger partial charge in [-0.25, -0.2) is 0 Å². The van der Waals surface area contributed by atoms with Crippen LogP contribution in [0.25, 0.3) is 0 Å². The predicted octanol–water partition coefficient (Wildman–Crippen LogP) is 3.63. The Kier molecular flexibility index (Phi) is 6.58. The van der Waals surface area contributed by atoms with E-state index >= 15 is 0 Å². The number of ether oxygens (including phenoxy) is 2. The summed E-state index contributed by atoms with van der Waals surface area (Å²) in [5.74, 6) is 0.507. The molecule has 108 valence electrons. The third-order valence-electron chi connectivity index (χ3n) is 2.03. The fourth-order valence-electron chi connectivity index (χ4n) is 1.26. The Hall–Kier alpha value is -0.310. The normalized spacial score (nSPS) is 11.7. The predicted molar refractivity (Wildman–Crippen MR) is 72.1 cm³/mol. The highest BCUT2D eigenvalue weighted by molar-refractivity contribution is 9.11. The third-order valence-corrected chi connectivity index (χ3v) is 3.21. The van der Waals surface area contributed by atoms with E-state index in [0.717, 1.165) is 5.56 Å². The van der Waals surface area contributed by atoms with Gasteiger partial charge in [0.1, 0.15) is 19.0 Å². The van der Waals surface area contributed by atoms with Gasteiger partial charge in [-0.2, -0.15) is 13.2 Å². The van der Waals surface area contributed by atoms with E-state index < -0.39 is 12.8 Å². The van der Waals surface area contributed by atoms with Gasteiger partial charge in [0.25, 0.3) is 0 Å². The average Bonchev–Trinajstić information content (AvgIpc) is 2.30. The van der Waals surface area contributed by atoms with Gasteiger partial charge in [0.2, 0.25) is 0 Å². The molecule has 1 aromatic rings. The fraction of sp³-hybridized carbons (Fsp3) is 0.455. The molecule has 0 unspecified atom stereocenters. The Morgan fingerprint density at radius 3 is 2.16 bits per heavy atom. The van der Waals surface area contributed by atoms with E-state index in [1.807, 2.05) is 0 Å². The van der Waals surface area contributed by atoms with Crippen LogP contribution in [0.2, 0.25) is 0 Å². The number of halogens is 5. The standard InChI is InChI=1S/C11H12Br2F3NO2/c12-8-3-7(5-17)4-9(13)10(8)19-2-1-18-6-11(14,15)16/h3-4H,1-2,5-6,17H2. The van der Waals surface area contributed by atoms with Crippen molar-refractivity contribution in [3.05, 3.63) is 26.6 Å². The summed E-state index contributed by atoms with van der Waals surface area (Å²) >= 11 is 6.62. The summed E-state index contributed by atoms with van der Waals surface area (Å²) in [4.78, 5) is 0. The lowest BCUT2D eigenvalue weighted by Crippen LogP contribution is -2.19. The van der Waals surface area contributed by atoms with E-state index in [2.05, 4.69) is 36.6 Å². The van der Waals surface area contributed by atoms with Gasteiger partial charge in [0, 0.05) is 6.54 Å². The van der Waals surface area contributed by atoms with Crippen molar-refractivity contribution >= 4 is 31.9 Å². The second-order valence-corrected chi connectivity index (χ2v) is 5.32. The highest BCUT2D eigenvalue weighted by Gasteiger charge is 2.27. The zero-order valence-electron chi connectivity index (χ0n) is 9.77. The number of benzene rings is 1. The highest BCUT2D eigenvalue weighted by atomic mass is 79.9. The number of alkyl halides is 3. The fourth-order valence-corrected chi connectivity index (χ4v) is 2.77. The maximum atomic E-state index is 11.8. The van der Waals surface area contributed by atoms with Crippen LogP contribution in [-0.2, 0) is 11.3 Å². The lowest BCUT2D eigenvalue weighted by atomic mass is 10.2. The van der Waals surface area contributed by atoms with Crippen LogP contribution in [0.15, 0.2) is 21.1 Å². The summed E-state index contributed by atoms with van der Waals surface area (Å²) in [6, 6.07) is 3.58. The van der Waals surface area contributed by atoms with Gasteiger partial charge < -0.3 is 15.2 Å². The maximum absolute atomic E-state index is 11.8. The highest BCUT2D eigenvalue weighted by Crippen LogP contribution is 2.34. The summed E-state index contributed by atoms with van der Waals surface area (Å²) < 4.78 is 46.6. The molecule has 2 N–H and O–H groups in total. The van der Waals surface area contributed by atoms with Crippen LogP contribution in [0.4, 0.5) is 13.2 Å². The Labute approximate surface area is 125 Å². The number of hydrogen-bond donors (Lipinski definition) is 1. The molecule has 8 heteroatoms. The first kappa shape index (κ1) is 16.7. The molecule has 1 aromatic carbocycles. The van der Waals surface area contributed by atoms with Crippen molar-refractivity contribution in [1.29, 1.82) is 0 Å². The molecule has 0 amide bonds. The first-order valence-corrected chi connectivity index (χ1v) is 6.87. The van der Waals surface area contributed by atoms with E-state index in [9.17, 15) is 13.2 Å². The molecular weight excluding hydrogens is 395 g/mol. The summed E-state index contributed by atoms with van der Waals surface area (Å²) in [5.41, 5.74) is 6.41. The molecule has 0 atom stereocenters. The van der Waals surface area contributed by atoms with Gasteiger partial charge in [-0.3, -0.25) is 0 Å². The molecule has 0 radical (unpaired) electrons. The van der Waals surface area contributed by atoms with Crippen molar-refractivity contribution in [3.63, 3.8) is 0 Å². The van der Waals surface area contributed by atoms with Crippen molar-refractivity contribution in [2.45, 2.75) is 12.7 Å². The number of hydrogen-bond acceptors (Lipinski definition) is 3. The molecular formula is C11H12Br2F3NO2. The van der Waals surface area contributed by atoms with Crippen molar-refractivity contribution < 1.29 is 22.6 Å². The quantitative estimate of drug-likeness (QED) is 0.733. The van der Waals surface area contributed by atoms with Crippen molar-refractivity contribution in [2.24, 2.45) is 5.73 Å². The summed E-state index contributed by atoms with van der Waals surface area (Å²) in [6.07, 6.45) is -4.32. The molecule has 0 saturated heterocycles. The maximum Gasteiger partial charge on any atom is 0.411 e. The molecule has 0 fully saturated rings. The Morgan fingerprint density at radius 2 is 1.68 bits per heavy atom. The molecule has 0 aliphatic rings. The molecule has 19 heavy (non-hydrogen) atoms. The van der Waals surface area contributed by atoms with Crippen LogP contribution in [0.1, 0.15) is 5.56 Å². The van der Waals surface area contributed by atoms with Crippen LogP contribution in [0.3, 0.4) is 0 Å². The topological polar surface area (TPSA) is 44.5 Å². The van der Waals surface area contributed by atoms with E-state index in [-0.39, 0.29) is 13.2 Å². The minimum Gasteiger partial charge on any atom is -0.489 e. The smallest absolute Gasteiger partial charge is 0.411 e. The van der Waals surface area contributed by atoms with Crippen LogP contribution in [0, 0.1) is 0 Å². The molecule has 0 spiro atoms. The van der Waals surface area contributed by atoms with Crippen molar-refractivity contribution in [2.75, 3.05) is 19.8 Å². The Bertz CT molecular complexity index is 404. The van der Waals surface area contributed by atoms with Crippen LogP contribution in [0.5, 0.6) is 5.75 Å². The van der Waals surface area contributed by atoms with E-state index in [1.54, 1.807) is 12.1 Å². The van der Waals surface area contributed by atoms with Crippen LogP contribution >= 0.6 is 31.9 Å². The van der Waals surface area contributed by atoms with Gasteiger partial charge in [0.05, 0.1) is 15.6 Å². The summed E-state index contributed by atoms with van der Waals surface area (Å²) in [5, 5.41) is 0. The largest absolute Gasteiger partial charge is 0.489 e. The zero-order chi connectivity index (χ0) is 14.5. The number of nitrogens with two attached hydrogens (primary N) is 1. The van der Waals surface area contributed by atoms with Gasteiger partial charge >= 0.3 is 6.18 Å². The summed E-state index contributed by atoms with van der Waals surface area (Å²) in [7, 11) is 0. The third kappa shape index (κ3) is 6.11. The van der Waals surface area contributed by atoms with Crippen molar-refractivity contribution in [1.82, 2.24) is 0 Å². The zero-order valence-corrected chi connectivity index (χ0v) is 12.9. The first-order chi connectivity index (χ1) is 8.83. The van der Waals surface area contributed by atoms with Crippen molar-refractivity contribution in [3.8, 4) is 5.75 Å². The van der Waals surface area contributed by atoms with Crippen LogP contribution in [-0.4, -0.2) is 26.0 Å². The second-order valence-electron chi connectivity index (χ2n) is 3.61. The summed E-state index contributed by atoms with van der Waals surface area (Å²) in [6.45, 7) is -1.01. The monoisotopic (exact) mass is 405 g/mol. The molecule has 0 aliphatic heterocycles. The van der Waals surface area contributed by atoms with E-state index in [4.69, 9.17) is 10.5 Å². The minimum absolute atomic E-state index is 0.0231. The molecule has 3 nitrogen and oxygen atoms in total. The molecule has 0 saturated carbocycles. The van der Waals surface area contributed by atoms with Gasteiger partial charge in [0.15, 0.2) is 0 Å². The Balaban J connectivity index is 2.46. The van der Waals surface area contributed by atoms with E-state index in [1.165, 1.54) is 0 Å². The van der Waals surface area contributed by atoms with Gasteiger partial charge in [-0.1, -0.05) is 0 Å². The second kappa shape index (κ2) is 7.47.